The van der Waals surface area contributed by atoms with Crippen molar-refractivity contribution in [2.45, 2.75) is 77.0 Å². The van der Waals surface area contributed by atoms with Crippen LogP contribution in [0.5, 0.6) is 0 Å². The van der Waals surface area contributed by atoms with E-state index in [0.29, 0.717) is 11.0 Å². The molecule has 1 aromatic rings. The second-order valence-electron chi connectivity index (χ2n) is 9.14. The van der Waals surface area contributed by atoms with Crippen molar-refractivity contribution in [2.75, 3.05) is 0 Å². The quantitative estimate of drug-likeness (QED) is 0.514. The number of hydrogen-bond donors (Lipinski definition) is 0. The van der Waals surface area contributed by atoms with Gasteiger partial charge in [-0.3, -0.25) is 0 Å². The average molecular weight is 350 g/mol. The molecular weight excluding hydrogens is 321 g/mol. The van der Waals surface area contributed by atoms with Crippen LogP contribution in [-0.4, -0.2) is 0 Å². The number of benzene rings is 1. The largest absolute Gasteiger partial charge is 0.204 e. The standard InChI is InChI=1S/C22H29F3/c1-2-3-14-10-22(11-14)12-18(13-22)16-6-4-15(5-7-16)17-8-19(23)21(25)20(24)9-17/h8-9,14-16,18H,2-7,10-13H2,1H3/t14?,15-,16-,18?,22?. The van der Waals surface area contributed by atoms with Gasteiger partial charge in [0.05, 0.1) is 0 Å². The molecule has 0 saturated heterocycles. The Kier molecular flexibility index (Phi) is 4.62. The molecule has 0 bridgehead atoms. The molecule has 1 spiro atoms. The molecule has 1 aromatic carbocycles. The van der Waals surface area contributed by atoms with E-state index in [1.165, 1.54) is 50.7 Å². The molecule has 3 heteroatoms. The highest BCUT2D eigenvalue weighted by atomic mass is 19.2. The average Bonchev–Trinajstić information content (AvgIpc) is 2.53. The minimum Gasteiger partial charge on any atom is -0.204 e. The molecule has 0 unspecified atom stereocenters. The van der Waals surface area contributed by atoms with Gasteiger partial charge in [0.2, 0.25) is 0 Å². The van der Waals surface area contributed by atoms with Gasteiger partial charge in [-0.25, -0.2) is 13.2 Å². The zero-order valence-electron chi connectivity index (χ0n) is 15.2. The minimum atomic E-state index is -1.35. The van der Waals surface area contributed by atoms with Crippen LogP contribution < -0.4 is 0 Å². The Morgan fingerprint density at radius 2 is 1.48 bits per heavy atom. The summed E-state index contributed by atoms with van der Waals surface area (Å²) in [4.78, 5) is 0. The third kappa shape index (κ3) is 3.24. The summed E-state index contributed by atoms with van der Waals surface area (Å²) in [6.07, 6.45) is 12.8. The summed E-state index contributed by atoms with van der Waals surface area (Å²) in [5.41, 5.74) is 1.34. The number of rotatable bonds is 4. The van der Waals surface area contributed by atoms with Crippen molar-refractivity contribution in [1.29, 1.82) is 0 Å². The van der Waals surface area contributed by atoms with Crippen LogP contribution in [0, 0.1) is 40.6 Å². The predicted octanol–water partition coefficient (Wildman–Crippen LogP) is 6.98. The van der Waals surface area contributed by atoms with Crippen molar-refractivity contribution >= 4 is 0 Å². The SMILES string of the molecule is CCCC1CC2(C1)CC([C@H]1CC[C@H](c3cc(F)c(F)c(F)c3)CC1)C2. The molecule has 0 atom stereocenters. The van der Waals surface area contributed by atoms with E-state index in [2.05, 4.69) is 6.92 Å². The zero-order valence-corrected chi connectivity index (χ0v) is 15.2. The van der Waals surface area contributed by atoms with Gasteiger partial charge >= 0.3 is 0 Å². The fraction of sp³-hybridized carbons (Fsp3) is 0.727. The van der Waals surface area contributed by atoms with Gasteiger partial charge in [-0.2, -0.15) is 0 Å². The van der Waals surface area contributed by atoms with Crippen molar-refractivity contribution < 1.29 is 13.2 Å². The number of hydrogen-bond acceptors (Lipinski definition) is 0. The normalized spacial score (nSPS) is 37.6. The topological polar surface area (TPSA) is 0 Å². The maximum absolute atomic E-state index is 13.5. The predicted molar refractivity (Wildman–Crippen MR) is 93.8 cm³/mol. The first kappa shape index (κ1) is 17.4. The Hall–Kier alpha value is -0.990. The molecule has 0 aromatic heterocycles. The van der Waals surface area contributed by atoms with Crippen LogP contribution >= 0.6 is 0 Å². The summed E-state index contributed by atoms with van der Waals surface area (Å²) < 4.78 is 40.1. The minimum absolute atomic E-state index is 0.188. The van der Waals surface area contributed by atoms with Gasteiger partial charge in [0.15, 0.2) is 17.5 Å². The van der Waals surface area contributed by atoms with Crippen LogP contribution in [0.15, 0.2) is 12.1 Å². The molecule has 3 aliphatic carbocycles. The molecule has 0 heterocycles. The van der Waals surface area contributed by atoms with E-state index in [0.717, 1.165) is 43.4 Å². The van der Waals surface area contributed by atoms with E-state index < -0.39 is 17.5 Å². The molecule has 0 aliphatic heterocycles. The monoisotopic (exact) mass is 350 g/mol. The molecule has 4 rings (SSSR count). The van der Waals surface area contributed by atoms with Crippen LogP contribution in [0.4, 0.5) is 13.2 Å². The van der Waals surface area contributed by atoms with E-state index in [9.17, 15) is 13.2 Å². The third-order valence-corrected chi connectivity index (χ3v) is 7.45. The molecule has 3 aliphatic rings. The van der Waals surface area contributed by atoms with Crippen molar-refractivity contribution in [3.63, 3.8) is 0 Å². The third-order valence-electron chi connectivity index (χ3n) is 7.45. The lowest BCUT2D eigenvalue weighted by Gasteiger charge is -2.60. The summed E-state index contributed by atoms with van der Waals surface area (Å²) in [6.45, 7) is 2.28. The molecular formula is C22H29F3. The Balaban J connectivity index is 1.27. The highest BCUT2D eigenvalue weighted by Gasteiger charge is 2.53. The highest BCUT2D eigenvalue weighted by Crippen LogP contribution is 2.64. The fourth-order valence-corrected chi connectivity index (χ4v) is 6.23. The van der Waals surface area contributed by atoms with Crippen LogP contribution in [0.3, 0.4) is 0 Å². The Morgan fingerprint density at radius 3 is 2.04 bits per heavy atom. The summed E-state index contributed by atoms with van der Waals surface area (Å²) in [5.74, 6) is -0.599. The Labute approximate surface area is 149 Å². The summed E-state index contributed by atoms with van der Waals surface area (Å²) in [7, 11) is 0. The second-order valence-corrected chi connectivity index (χ2v) is 9.14. The van der Waals surface area contributed by atoms with Gasteiger partial charge in [-0.1, -0.05) is 19.8 Å². The van der Waals surface area contributed by atoms with Crippen LogP contribution in [0.25, 0.3) is 0 Å². The van der Waals surface area contributed by atoms with Crippen LogP contribution in [0.1, 0.15) is 82.6 Å². The first-order valence-corrected chi connectivity index (χ1v) is 10.1. The molecule has 3 fully saturated rings. The van der Waals surface area contributed by atoms with Gasteiger partial charge in [0.25, 0.3) is 0 Å². The van der Waals surface area contributed by atoms with Crippen molar-refractivity contribution in [3.8, 4) is 0 Å². The first-order valence-electron chi connectivity index (χ1n) is 10.1. The van der Waals surface area contributed by atoms with E-state index in [4.69, 9.17) is 0 Å². The van der Waals surface area contributed by atoms with E-state index >= 15 is 0 Å². The van der Waals surface area contributed by atoms with Gasteiger partial charge in [-0.05, 0) is 98.1 Å². The maximum atomic E-state index is 13.5. The van der Waals surface area contributed by atoms with Crippen LogP contribution in [0.2, 0.25) is 0 Å². The molecule has 0 radical (unpaired) electrons. The molecule has 0 N–H and O–H groups in total. The van der Waals surface area contributed by atoms with Crippen molar-refractivity contribution in [1.82, 2.24) is 0 Å². The van der Waals surface area contributed by atoms with E-state index in [1.54, 1.807) is 0 Å². The fourth-order valence-electron chi connectivity index (χ4n) is 6.23. The smallest absolute Gasteiger partial charge is 0.194 e. The van der Waals surface area contributed by atoms with Gasteiger partial charge < -0.3 is 0 Å². The molecule has 3 saturated carbocycles. The molecule has 0 nitrogen and oxygen atoms in total. The molecule has 0 amide bonds. The Morgan fingerprint density at radius 1 is 0.880 bits per heavy atom. The highest BCUT2D eigenvalue weighted by molar-refractivity contribution is 5.23. The van der Waals surface area contributed by atoms with Crippen molar-refractivity contribution in [3.05, 3.63) is 35.1 Å². The van der Waals surface area contributed by atoms with Crippen LogP contribution in [-0.2, 0) is 0 Å². The van der Waals surface area contributed by atoms with Gasteiger partial charge in [0.1, 0.15) is 0 Å². The maximum Gasteiger partial charge on any atom is 0.194 e. The lowest BCUT2D eigenvalue weighted by atomic mass is 9.45. The summed E-state index contributed by atoms with van der Waals surface area (Å²) >= 11 is 0. The number of halogens is 3. The van der Waals surface area contributed by atoms with E-state index in [1.807, 2.05) is 0 Å². The lowest BCUT2D eigenvalue weighted by Crippen LogP contribution is -2.49. The molecule has 138 valence electrons. The van der Waals surface area contributed by atoms with Gasteiger partial charge in [0, 0.05) is 0 Å². The van der Waals surface area contributed by atoms with E-state index in [-0.39, 0.29) is 5.92 Å². The first-order chi connectivity index (χ1) is 12.0. The summed E-state index contributed by atoms with van der Waals surface area (Å²) in [5, 5.41) is 0. The zero-order chi connectivity index (χ0) is 17.6. The lowest BCUT2D eigenvalue weighted by molar-refractivity contribution is -0.0945. The van der Waals surface area contributed by atoms with Gasteiger partial charge in [-0.15, -0.1) is 0 Å². The Bertz CT molecular complexity index is 593. The van der Waals surface area contributed by atoms with Crippen molar-refractivity contribution in [2.24, 2.45) is 23.2 Å². The molecule has 25 heavy (non-hydrogen) atoms. The second kappa shape index (κ2) is 6.63. The summed E-state index contributed by atoms with van der Waals surface area (Å²) in [6, 6.07) is 2.40.